The normalized spacial score (nSPS) is 20.7. The third-order valence-electron chi connectivity index (χ3n) is 4.09. The molecule has 1 unspecified atom stereocenters. The fraction of sp³-hybridized carbons (Fsp3) is 0.0556. The SMILES string of the molecule is O=C1Nc2ccc(Br)cc2C1/C=C1\SC(=O)N(c2cccc(O)c2)C1=O. The highest BCUT2D eigenvalue weighted by molar-refractivity contribution is 9.10. The Morgan fingerprint density at radius 3 is 2.73 bits per heavy atom. The summed E-state index contributed by atoms with van der Waals surface area (Å²) >= 11 is 4.15. The molecule has 1 saturated heterocycles. The van der Waals surface area contributed by atoms with Crippen molar-refractivity contribution in [3.05, 3.63) is 63.5 Å². The van der Waals surface area contributed by atoms with Gasteiger partial charge in [-0.05, 0) is 53.7 Å². The van der Waals surface area contributed by atoms with Crippen molar-refractivity contribution < 1.29 is 19.5 Å². The molecule has 0 saturated carbocycles. The van der Waals surface area contributed by atoms with E-state index < -0.39 is 17.1 Å². The first-order chi connectivity index (χ1) is 12.4. The first-order valence-electron chi connectivity index (χ1n) is 7.61. The number of carbonyl (C=O) groups is 3. The first-order valence-corrected chi connectivity index (χ1v) is 9.22. The van der Waals surface area contributed by atoms with Crippen molar-refractivity contribution >= 4 is 56.1 Å². The largest absolute Gasteiger partial charge is 0.508 e. The highest BCUT2D eigenvalue weighted by Crippen LogP contribution is 2.41. The van der Waals surface area contributed by atoms with Crippen molar-refractivity contribution in [3.63, 3.8) is 0 Å². The topological polar surface area (TPSA) is 86.7 Å². The number of imide groups is 1. The Labute approximate surface area is 161 Å². The van der Waals surface area contributed by atoms with Gasteiger partial charge in [-0.1, -0.05) is 22.0 Å². The number of benzene rings is 2. The number of aromatic hydroxyl groups is 1. The minimum absolute atomic E-state index is 0.0422. The van der Waals surface area contributed by atoms with E-state index in [1.54, 1.807) is 18.2 Å². The number of anilines is 2. The molecule has 6 nitrogen and oxygen atoms in total. The molecule has 0 bridgehead atoms. The molecule has 2 aromatic carbocycles. The summed E-state index contributed by atoms with van der Waals surface area (Å²) in [6, 6.07) is 11.3. The second-order valence-electron chi connectivity index (χ2n) is 5.76. The Hall–Kier alpha value is -2.58. The number of phenolic OH excluding ortho intramolecular Hbond substituents is 1. The molecule has 2 aliphatic heterocycles. The van der Waals surface area contributed by atoms with Gasteiger partial charge in [0, 0.05) is 16.2 Å². The van der Waals surface area contributed by atoms with Gasteiger partial charge in [-0.3, -0.25) is 14.4 Å². The van der Waals surface area contributed by atoms with Crippen molar-refractivity contribution in [2.24, 2.45) is 0 Å². The number of phenols is 1. The Kier molecular flexibility index (Phi) is 4.08. The van der Waals surface area contributed by atoms with E-state index >= 15 is 0 Å². The van der Waals surface area contributed by atoms with Gasteiger partial charge >= 0.3 is 0 Å². The molecule has 4 rings (SSSR count). The number of thioether (sulfide) groups is 1. The molecule has 2 aliphatic rings. The maximum Gasteiger partial charge on any atom is 0.298 e. The van der Waals surface area contributed by atoms with E-state index in [1.807, 2.05) is 12.1 Å². The Bertz CT molecular complexity index is 1000. The van der Waals surface area contributed by atoms with Crippen LogP contribution in [0.1, 0.15) is 11.5 Å². The zero-order chi connectivity index (χ0) is 18.4. The summed E-state index contributed by atoms with van der Waals surface area (Å²) in [5.74, 6) is -1.45. The lowest BCUT2D eigenvalue weighted by Crippen LogP contribution is -2.27. The average Bonchev–Trinajstić information content (AvgIpc) is 3.04. The molecule has 1 fully saturated rings. The maximum atomic E-state index is 12.7. The van der Waals surface area contributed by atoms with Crippen LogP contribution in [-0.2, 0) is 9.59 Å². The van der Waals surface area contributed by atoms with Crippen molar-refractivity contribution in [2.45, 2.75) is 5.92 Å². The zero-order valence-corrected chi connectivity index (χ0v) is 15.5. The Balaban J connectivity index is 1.69. The van der Waals surface area contributed by atoms with Crippen molar-refractivity contribution in [1.29, 1.82) is 0 Å². The summed E-state index contributed by atoms with van der Waals surface area (Å²) in [5, 5.41) is 11.9. The summed E-state index contributed by atoms with van der Waals surface area (Å²) in [7, 11) is 0. The molecule has 8 heteroatoms. The van der Waals surface area contributed by atoms with E-state index in [2.05, 4.69) is 21.2 Å². The van der Waals surface area contributed by atoms with Gasteiger partial charge in [0.25, 0.3) is 11.1 Å². The highest BCUT2D eigenvalue weighted by Gasteiger charge is 2.39. The molecule has 2 heterocycles. The lowest BCUT2D eigenvalue weighted by atomic mass is 10.00. The first kappa shape index (κ1) is 16.9. The number of hydrogen-bond donors (Lipinski definition) is 2. The molecular formula is C18H11BrN2O4S. The summed E-state index contributed by atoms with van der Waals surface area (Å²) in [4.78, 5) is 38.5. The van der Waals surface area contributed by atoms with E-state index in [-0.39, 0.29) is 22.2 Å². The third-order valence-corrected chi connectivity index (χ3v) is 5.47. The van der Waals surface area contributed by atoms with Crippen LogP contribution >= 0.6 is 27.7 Å². The number of halogens is 1. The Morgan fingerprint density at radius 1 is 1.15 bits per heavy atom. The molecule has 3 amide bonds. The molecule has 26 heavy (non-hydrogen) atoms. The molecule has 1 atom stereocenters. The lowest BCUT2D eigenvalue weighted by Gasteiger charge is -2.12. The number of nitrogens with zero attached hydrogens (tertiary/aromatic N) is 1. The van der Waals surface area contributed by atoms with E-state index in [1.165, 1.54) is 18.2 Å². The summed E-state index contributed by atoms with van der Waals surface area (Å²) in [6.07, 6.45) is 1.52. The predicted octanol–water partition coefficient (Wildman–Crippen LogP) is 3.97. The number of carbonyl (C=O) groups excluding carboxylic acids is 3. The average molecular weight is 431 g/mol. The standard InChI is InChI=1S/C18H11BrN2O4S/c19-9-4-5-14-12(6-9)13(16(23)20-14)8-15-17(24)21(18(25)26-15)10-2-1-3-11(22)7-10/h1-8,13,22H,(H,20,23)/b15-8-. The van der Waals surface area contributed by atoms with E-state index in [4.69, 9.17) is 0 Å². The summed E-state index contributed by atoms with van der Waals surface area (Å²) in [5.41, 5.74) is 1.72. The van der Waals surface area contributed by atoms with Crippen LogP contribution in [0.4, 0.5) is 16.2 Å². The molecule has 2 N–H and O–H groups in total. The third kappa shape index (κ3) is 2.81. The summed E-state index contributed by atoms with van der Waals surface area (Å²) < 4.78 is 0.819. The molecule has 0 aliphatic carbocycles. The van der Waals surface area contributed by atoms with Crippen LogP contribution < -0.4 is 10.2 Å². The van der Waals surface area contributed by atoms with Gasteiger partial charge in [-0.2, -0.15) is 0 Å². The summed E-state index contributed by atoms with van der Waals surface area (Å²) in [6.45, 7) is 0. The van der Waals surface area contributed by atoms with Gasteiger partial charge in [-0.25, -0.2) is 4.90 Å². The minimum Gasteiger partial charge on any atom is -0.508 e. The second-order valence-corrected chi connectivity index (χ2v) is 7.67. The maximum absolute atomic E-state index is 12.7. The smallest absolute Gasteiger partial charge is 0.298 e. The van der Waals surface area contributed by atoms with E-state index in [0.717, 1.165) is 26.7 Å². The quantitative estimate of drug-likeness (QED) is 0.703. The number of nitrogens with one attached hydrogen (secondary N) is 1. The molecular weight excluding hydrogens is 420 g/mol. The lowest BCUT2D eigenvalue weighted by molar-refractivity contribution is -0.116. The number of fused-ring (bicyclic) bond motifs is 1. The van der Waals surface area contributed by atoms with Gasteiger partial charge in [-0.15, -0.1) is 0 Å². The van der Waals surface area contributed by atoms with Crippen molar-refractivity contribution in [3.8, 4) is 5.75 Å². The van der Waals surface area contributed by atoms with Crippen LogP contribution in [0, 0.1) is 0 Å². The van der Waals surface area contributed by atoms with Crippen LogP contribution in [-0.4, -0.2) is 22.2 Å². The number of hydrogen-bond acceptors (Lipinski definition) is 5. The van der Waals surface area contributed by atoms with Gasteiger partial charge in [0.05, 0.1) is 16.5 Å². The van der Waals surface area contributed by atoms with Gasteiger partial charge in [0.15, 0.2) is 0 Å². The van der Waals surface area contributed by atoms with Gasteiger partial charge < -0.3 is 10.4 Å². The van der Waals surface area contributed by atoms with E-state index in [0.29, 0.717) is 5.69 Å². The number of amides is 3. The number of rotatable bonds is 2. The van der Waals surface area contributed by atoms with Crippen LogP contribution in [0.25, 0.3) is 0 Å². The molecule has 130 valence electrons. The zero-order valence-electron chi connectivity index (χ0n) is 13.1. The van der Waals surface area contributed by atoms with Crippen LogP contribution in [0.3, 0.4) is 0 Å². The van der Waals surface area contributed by atoms with Crippen LogP contribution in [0.15, 0.2) is 57.9 Å². The molecule has 0 spiro atoms. The fourth-order valence-electron chi connectivity index (χ4n) is 2.91. The van der Waals surface area contributed by atoms with Gasteiger partial charge in [0.1, 0.15) is 5.75 Å². The molecule has 2 aromatic rings. The van der Waals surface area contributed by atoms with E-state index in [9.17, 15) is 19.5 Å². The van der Waals surface area contributed by atoms with Crippen LogP contribution in [0.5, 0.6) is 5.75 Å². The minimum atomic E-state index is -0.647. The highest BCUT2D eigenvalue weighted by atomic mass is 79.9. The van der Waals surface area contributed by atoms with Crippen molar-refractivity contribution in [1.82, 2.24) is 0 Å². The predicted molar refractivity (Wildman–Crippen MR) is 102 cm³/mol. The molecule has 0 aromatic heterocycles. The Morgan fingerprint density at radius 2 is 1.96 bits per heavy atom. The van der Waals surface area contributed by atoms with Crippen molar-refractivity contribution in [2.75, 3.05) is 10.2 Å². The second kappa shape index (κ2) is 6.30. The fourth-order valence-corrected chi connectivity index (χ4v) is 4.14. The van der Waals surface area contributed by atoms with Crippen LogP contribution in [0.2, 0.25) is 0 Å². The van der Waals surface area contributed by atoms with Gasteiger partial charge in [0.2, 0.25) is 5.91 Å². The monoisotopic (exact) mass is 430 g/mol. The molecule has 0 radical (unpaired) electrons.